The highest BCUT2D eigenvalue weighted by molar-refractivity contribution is 6.05. The fraction of sp³-hybridized carbons (Fsp3) is 0.500. The average molecular weight is 498 g/mol. The van der Waals surface area contributed by atoms with E-state index >= 15 is 0 Å². The number of fused-ring (bicyclic) bond motifs is 1. The number of carbonyl (C=O) groups is 2. The number of likely N-dealkylation sites (N-methyl/N-ethyl adjacent to an activating group) is 1. The number of hydrogen-bond acceptors (Lipinski definition) is 5. The molecule has 0 saturated heterocycles. The van der Waals surface area contributed by atoms with Gasteiger partial charge in [-0.1, -0.05) is 13.0 Å². The number of methoxy groups -OCH3 is 1. The molecule has 2 aromatic rings. The number of carbonyl (C=O) groups excluding carboxylic acids is 2. The average Bonchev–Trinajstić information content (AvgIpc) is 3.68. The maximum absolute atomic E-state index is 13.6. The molecule has 1 fully saturated rings. The van der Waals surface area contributed by atoms with Gasteiger partial charge in [0.05, 0.1) is 11.7 Å². The molecule has 36 heavy (non-hydrogen) atoms. The molecule has 3 atom stereocenters. The van der Waals surface area contributed by atoms with Crippen LogP contribution in [-0.4, -0.2) is 74.2 Å². The molecule has 0 bridgehead atoms. The van der Waals surface area contributed by atoms with Crippen molar-refractivity contribution in [1.29, 1.82) is 0 Å². The van der Waals surface area contributed by atoms with Crippen LogP contribution in [0.4, 0.5) is 10.1 Å². The van der Waals surface area contributed by atoms with E-state index in [1.165, 1.54) is 31.0 Å². The molecule has 0 spiro atoms. The maximum atomic E-state index is 13.6. The molecular formula is C28H36FN3O4. The number of nitrogens with one attached hydrogen (secondary N) is 1. The van der Waals surface area contributed by atoms with E-state index in [0.717, 1.165) is 19.0 Å². The largest absolute Gasteiger partial charge is 0.491 e. The Labute approximate surface area is 212 Å². The number of anilines is 1. The predicted octanol–water partition coefficient (Wildman–Crippen LogP) is 4.29. The first-order valence-corrected chi connectivity index (χ1v) is 12.6. The summed E-state index contributed by atoms with van der Waals surface area (Å²) in [4.78, 5) is 30.1. The van der Waals surface area contributed by atoms with Gasteiger partial charge in [0, 0.05) is 57.2 Å². The first-order valence-electron chi connectivity index (χ1n) is 12.6. The molecule has 1 saturated carbocycles. The zero-order valence-corrected chi connectivity index (χ0v) is 21.5. The molecule has 0 radical (unpaired) electrons. The van der Waals surface area contributed by atoms with Crippen LogP contribution in [0.3, 0.4) is 0 Å². The molecular weight excluding hydrogens is 461 g/mol. The molecule has 8 heteroatoms. The number of hydrogen-bond donors (Lipinski definition) is 1. The smallest absolute Gasteiger partial charge is 0.257 e. The van der Waals surface area contributed by atoms with Crippen LogP contribution in [0.2, 0.25) is 0 Å². The Bertz CT molecular complexity index is 1090. The van der Waals surface area contributed by atoms with Gasteiger partial charge in [-0.15, -0.1) is 0 Å². The van der Waals surface area contributed by atoms with Crippen molar-refractivity contribution in [2.45, 2.75) is 38.8 Å². The first-order chi connectivity index (χ1) is 17.2. The van der Waals surface area contributed by atoms with E-state index in [1.807, 2.05) is 0 Å². The van der Waals surface area contributed by atoms with Gasteiger partial charge in [0.15, 0.2) is 0 Å². The molecule has 1 aliphatic carbocycles. The summed E-state index contributed by atoms with van der Waals surface area (Å²) in [7, 11) is 3.46. The van der Waals surface area contributed by atoms with Crippen molar-refractivity contribution in [2.24, 2.45) is 11.8 Å². The Morgan fingerprint density at radius 3 is 2.64 bits per heavy atom. The molecule has 7 nitrogen and oxygen atoms in total. The van der Waals surface area contributed by atoms with Gasteiger partial charge >= 0.3 is 0 Å². The number of benzene rings is 2. The lowest BCUT2D eigenvalue weighted by molar-refractivity contribution is 0.00994. The lowest BCUT2D eigenvalue weighted by Crippen LogP contribution is -2.47. The van der Waals surface area contributed by atoms with Crippen molar-refractivity contribution in [3.05, 3.63) is 59.4 Å². The van der Waals surface area contributed by atoms with Crippen molar-refractivity contribution in [1.82, 2.24) is 9.80 Å². The fourth-order valence-corrected chi connectivity index (χ4v) is 4.64. The standard InChI is InChI=1S/C28H36FN3O4/c1-18-14-32(15-20-8-9-20)19(2)17-36-25-13-23(30-27(33)21-6-5-7-22(29)12-21)10-11-24(25)28(34)31(3)16-26(18)35-4/h5-7,10-13,18-20,26H,8-9,14-17H2,1-4H3,(H,30,33)/t18-,19-,26-/m0/s1. The van der Waals surface area contributed by atoms with Crippen LogP contribution in [0, 0.1) is 17.7 Å². The van der Waals surface area contributed by atoms with Crippen molar-refractivity contribution in [3.8, 4) is 5.75 Å². The Hall–Kier alpha value is -2.97. The van der Waals surface area contributed by atoms with Gasteiger partial charge in [-0.25, -0.2) is 4.39 Å². The Morgan fingerprint density at radius 1 is 1.17 bits per heavy atom. The third-order valence-corrected chi connectivity index (χ3v) is 7.11. The molecule has 0 aromatic heterocycles. The third kappa shape index (κ3) is 6.42. The Kier molecular flexibility index (Phi) is 8.26. The highest BCUT2D eigenvalue weighted by Gasteiger charge is 2.31. The second kappa shape index (κ2) is 11.4. The van der Waals surface area contributed by atoms with Crippen molar-refractivity contribution >= 4 is 17.5 Å². The van der Waals surface area contributed by atoms with E-state index in [4.69, 9.17) is 9.47 Å². The molecule has 194 valence electrons. The third-order valence-electron chi connectivity index (χ3n) is 7.11. The van der Waals surface area contributed by atoms with Gasteiger partial charge < -0.3 is 19.7 Å². The predicted molar refractivity (Wildman–Crippen MR) is 137 cm³/mol. The van der Waals surface area contributed by atoms with E-state index in [0.29, 0.717) is 30.2 Å². The molecule has 1 aliphatic heterocycles. The van der Waals surface area contributed by atoms with E-state index in [-0.39, 0.29) is 29.5 Å². The summed E-state index contributed by atoms with van der Waals surface area (Å²) in [5, 5.41) is 2.78. The molecule has 0 unspecified atom stereocenters. The summed E-state index contributed by atoms with van der Waals surface area (Å²) >= 11 is 0. The second-order valence-electron chi connectivity index (χ2n) is 10.2. The van der Waals surface area contributed by atoms with Crippen LogP contribution in [0.25, 0.3) is 0 Å². The van der Waals surface area contributed by atoms with Crippen molar-refractivity contribution in [3.63, 3.8) is 0 Å². The van der Waals surface area contributed by atoms with Crippen LogP contribution in [0.15, 0.2) is 42.5 Å². The zero-order valence-electron chi connectivity index (χ0n) is 21.5. The first kappa shape index (κ1) is 26.1. The normalized spacial score (nSPS) is 23.8. The summed E-state index contributed by atoms with van der Waals surface area (Å²) < 4.78 is 25.6. The summed E-state index contributed by atoms with van der Waals surface area (Å²) in [6.07, 6.45) is 2.43. The van der Waals surface area contributed by atoms with Gasteiger partial charge in [-0.3, -0.25) is 14.5 Å². The van der Waals surface area contributed by atoms with Crippen LogP contribution < -0.4 is 10.1 Å². The minimum Gasteiger partial charge on any atom is -0.491 e. The summed E-state index contributed by atoms with van der Waals surface area (Å²) in [6.45, 7) is 7.07. The molecule has 2 amide bonds. The van der Waals surface area contributed by atoms with Gasteiger partial charge in [0.25, 0.3) is 11.8 Å². The quantitative estimate of drug-likeness (QED) is 0.667. The van der Waals surface area contributed by atoms with Crippen LogP contribution >= 0.6 is 0 Å². The number of amides is 2. The number of nitrogens with zero attached hydrogens (tertiary/aromatic N) is 2. The monoisotopic (exact) mass is 497 g/mol. The second-order valence-corrected chi connectivity index (χ2v) is 10.2. The Morgan fingerprint density at radius 2 is 1.94 bits per heavy atom. The number of rotatable bonds is 5. The zero-order chi connectivity index (χ0) is 25.8. The van der Waals surface area contributed by atoms with E-state index < -0.39 is 11.7 Å². The highest BCUT2D eigenvalue weighted by atomic mass is 19.1. The molecule has 2 aliphatic rings. The highest BCUT2D eigenvalue weighted by Crippen LogP contribution is 2.32. The lowest BCUT2D eigenvalue weighted by atomic mass is 10.0. The lowest BCUT2D eigenvalue weighted by Gasteiger charge is -2.36. The molecule has 4 rings (SSSR count). The number of ether oxygens (including phenoxy) is 2. The number of halogens is 1. The summed E-state index contributed by atoms with van der Waals surface area (Å²) in [5.74, 6) is 0.285. The van der Waals surface area contributed by atoms with E-state index in [2.05, 4.69) is 24.1 Å². The van der Waals surface area contributed by atoms with Crippen molar-refractivity contribution < 1.29 is 23.5 Å². The Balaban J connectivity index is 1.60. The van der Waals surface area contributed by atoms with Gasteiger partial charge in [0.2, 0.25) is 0 Å². The molecule has 2 aromatic carbocycles. The van der Waals surface area contributed by atoms with Gasteiger partial charge in [-0.2, -0.15) is 0 Å². The summed E-state index contributed by atoms with van der Waals surface area (Å²) in [5.41, 5.74) is 1.10. The maximum Gasteiger partial charge on any atom is 0.257 e. The molecule has 1 N–H and O–H groups in total. The van der Waals surface area contributed by atoms with Crippen LogP contribution in [0.1, 0.15) is 47.4 Å². The van der Waals surface area contributed by atoms with Crippen LogP contribution in [0.5, 0.6) is 5.75 Å². The van der Waals surface area contributed by atoms with Crippen molar-refractivity contribution in [2.75, 3.05) is 45.7 Å². The van der Waals surface area contributed by atoms with E-state index in [9.17, 15) is 14.0 Å². The molecule has 1 heterocycles. The topological polar surface area (TPSA) is 71.1 Å². The summed E-state index contributed by atoms with van der Waals surface area (Å²) in [6, 6.07) is 10.6. The van der Waals surface area contributed by atoms with Crippen LogP contribution in [-0.2, 0) is 4.74 Å². The minimum absolute atomic E-state index is 0.0959. The van der Waals surface area contributed by atoms with Gasteiger partial charge in [0.1, 0.15) is 18.2 Å². The van der Waals surface area contributed by atoms with Gasteiger partial charge in [-0.05, 0) is 61.9 Å². The van der Waals surface area contributed by atoms with E-state index in [1.54, 1.807) is 43.3 Å². The minimum atomic E-state index is -0.481. The fourth-order valence-electron chi connectivity index (χ4n) is 4.64. The SMILES string of the molecule is CO[C@H]1CN(C)C(=O)c2ccc(NC(=O)c3cccc(F)c3)cc2OC[C@H](C)N(CC2CC2)C[C@@H]1C.